The molecule has 0 amide bonds. The van der Waals surface area contributed by atoms with Gasteiger partial charge in [0, 0.05) is 18.1 Å². The number of hydrazine groups is 1. The highest BCUT2D eigenvalue weighted by Crippen LogP contribution is 2.62. The summed E-state index contributed by atoms with van der Waals surface area (Å²) in [5.74, 6) is 1.95. The summed E-state index contributed by atoms with van der Waals surface area (Å²) in [6, 6.07) is 0.893. The lowest BCUT2D eigenvalue weighted by Gasteiger charge is -2.63. The Hall–Kier alpha value is -0.120. The van der Waals surface area contributed by atoms with Gasteiger partial charge >= 0.3 is 0 Å². The lowest BCUT2D eigenvalue weighted by atomic mass is 9.47. The molecule has 1 aliphatic heterocycles. The van der Waals surface area contributed by atoms with Crippen LogP contribution in [-0.2, 0) is 0 Å². The molecule has 68 valence electrons. The van der Waals surface area contributed by atoms with Gasteiger partial charge in [0.25, 0.3) is 0 Å². The number of hydrogen-bond donors (Lipinski definition) is 2. The van der Waals surface area contributed by atoms with Gasteiger partial charge in [-0.3, -0.25) is 10.9 Å². The van der Waals surface area contributed by atoms with E-state index < -0.39 is 0 Å². The topological polar surface area (TPSA) is 27.3 Å². The van der Waals surface area contributed by atoms with Crippen molar-refractivity contribution < 1.29 is 0 Å². The summed E-state index contributed by atoms with van der Waals surface area (Å²) in [7, 11) is 4.25. The van der Waals surface area contributed by atoms with E-state index >= 15 is 0 Å². The molecule has 2 N–H and O–H groups in total. The lowest BCUT2D eigenvalue weighted by Crippen LogP contribution is -2.75. The van der Waals surface area contributed by atoms with Gasteiger partial charge in [-0.05, 0) is 38.8 Å². The first-order chi connectivity index (χ1) is 5.77. The number of nitrogens with zero attached hydrogens (tertiary/aromatic N) is 1. The van der Waals surface area contributed by atoms with Gasteiger partial charge in [-0.2, -0.15) is 0 Å². The van der Waals surface area contributed by atoms with Crippen molar-refractivity contribution >= 4 is 0 Å². The third-order valence-corrected chi connectivity index (χ3v) is 4.22. The van der Waals surface area contributed by atoms with E-state index in [9.17, 15) is 0 Å². The van der Waals surface area contributed by atoms with Crippen LogP contribution in [0.4, 0.5) is 0 Å². The maximum Gasteiger partial charge on any atom is 0.0388 e. The summed E-state index contributed by atoms with van der Waals surface area (Å²) in [6.45, 7) is 1.34. The molecule has 2 saturated carbocycles. The average Bonchev–Trinajstić information content (AvgIpc) is 2.15. The summed E-state index contributed by atoms with van der Waals surface area (Å²) < 4.78 is 0. The quantitative estimate of drug-likeness (QED) is 0.558. The molecule has 3 rings (SSSR count). The summed E-state index contributed by atoms with van der Waals surface area (Å²) in [6.07, 6.45) is 2.74. The predicted molar refractivity (Wildman–Crippen MR) is 47.6 cm³/mol. The van der Waals surface area contributed by atoms with Crippen molar-refractivity contribution in [3.05, 3.63) is 0 Å². The van der Waals surface area contributed by atoms with E-state index in [1.54, 1.807) is 0 Å². The van der Waals surface area contributed by atoms with E-state index in [4.69, 9.17) is 0 Å². The highest BCUT2D eigenvalue weighted by molar-refractivity contribution is 5.24. The molecule has 0 aromatic carbocycles. The fraction of sp³-hybridized carbons (Fsp3) is 1.00. The van der Waals surface area contributed by atoms with Crippen LogP contribution in [0.5, 0.6) is 0 Å². The van der Waals surface area contributed by atoms with Gasteiger partial charge in [-0.15, -0.1) is 0 Å². The van der Waals surface area contributed by atoms with Crippen LogP contribution in [0.3, 0.4) is 0 Å². The maximum atomic E-state index is 3.44. The zero-order chi connectivity index (χ0) is 8.34. The van der Waals surface area contributed by atoms with Crippen molar-refractivity contribution in [1.29, 1.82) is 0 Å². The van der Waals surface area contributed by atoms with Crippen LogP contribution in [0.2, 0.25) is 0 Å². The molecule has 0 radical (unpaired) electrons. The largest absolute Gasteiger partial charge is 0.303 e. The van der Waals surface area contributed by atoms with Gasteiger partial charge in [0.2, 0.25) is 0 Å². The number of hydrogen-bond acceptors (Lipinski definition) is 3. The van der Waals surface area contributed by atoms with E-state index in [0.29, 0.717) is 5.54 Å². The van der Waals surface area contributed by atoms with Gasteiger partial charge in [-0.1, -0.05) is 0 Å². The third-order valence-electron chi connectivity index (χ3n) is 4.22. The van der Waals surface area contributed by atoms with Gasteiger partial charge in [0.15, 0.2) is 0 Å². The van der Waals surface area contributed by atoms with E-state index in [2.05, 4.69) is 22.8 Å². The zero-order valence-electron chi connectivity index (χ0n) is 7.80. The Bertz CT molecular complexity index is 218. The summed E-state index contributed by atoms with van der Waals surface area (Å²) in [4.78, 5) is 2.54. The van der Waals surface area contributed by atoms with Gasteiger partial charge in [-0.25, -0.2) is 0 Å². The van der Waals surface area contributed by atoms with Crippen LogP contribution in [0.15, 0.2) is 0 Å². The molecular formula is C9H17N3. The van der Waals surface area contributed by atoms with Crippen LogP contribution in [-0.4, -0.2) is 37.1 Å². The molecule has 3 fully saturated rings. The number of likely N-dealkylation sites (tertiary alicyclic amines) is 1. The van der Waals surface area contributed by atoms with Crippen molar-refractivity contribution in [2.24, 2.45) is 11.8 Å². The molecule has 2 unspecified atom stereocenters. The molecule has 4 atom stereocenters. The maximum absolute atomic E-state index is 3.44. The van der Waals surface area contributed by atoms with Crippen molar-refractivity contribution in [3.63, 3.8) is 0 Å². The van der Waals surface area contributed by atoms with Crippen LogP contribution in [0, 0.1) is 11.8 Å². The molecule has 0 bridgehead atoms. The number of rotatable bonds is 2. The average molecular weight is 167 g/mol. The minimum Gasteiger partial charge on any atom is -0.303 e. The molecule has 1 heterocycles. The molecule has 3 heteroatoms. The predicted octanol–water partition coefficient (Wildman–Crippen LogP) is -0.197. The smallest absolute Gasteiger partial charge is 0.0388 e. The first-order valence-electron chi connectivity index (χ1n) is 4.91. The Kier molecular flexibility index (Phi) is 1.23. The Morgan fingerprint density at radius 1 is 1.42 bits per heavy atom. The second kappa shape index (κ2) is 2.03. The molecule has 12 heavy (non-hydrogen) atoms. The minimum absolute atomic E-state index is 0.495. The second-order valence-electron chi connectivity index (χ2n) is 4.73. The molecule has 3 nitrogen and oxygen atoms in total. The first kappa shape index (κ1) is 7.30. The van der Waals surface area contributed by atoms with Crippen LogP contribution >= 0.6 is 0 Å². The van der Waals surface area contributed by atoms with Gasteiger partial charge in [0.1, 0.15) is 0 Å². The van der Waals surface area contributed by atoms with Crippen molar-refractivity contribution in [2.75, 3.05) is 20.6 Å². The van der Waals surface area contributed by atoms with Crippen LogP contribution in [0.1, 0.15) is 12.8 Å². The normalized spacial score (nSPS) is 56.0. The second-order valence-corrected chi connectivity index (χ2v) is 4.73. The Balaban J connectivity index is 1.77. The van der Waals surface area contributed by atoms with E-state index in [1.165, 1.54) is 19.4 Å². The standard InChI is InChI=1S/C9H17N3/c1-10-11-9-3-6-5-12(2)7(4-9)8(6)9/h6-8,10-11H,3-5H2,1-2H3/t6-,7-,8?,9?/m1/s1. The minimum atomic E-state index is 0.495. The molecule has 0 spiro atoms. The molecule has 3 aliphatic rings. The first-order valence-corrected chi connectivity index (χ1v) is 4.91. The fourth-order valence-electron chi connectivity index (χ4n) is 3.81. The molecule has 2 aliphatic carbocycles. The Morgan fingerprint density at radius 2 is 2.25 bits per heavy atom. The third kappa shape index (κ3) is 0.605. The van der Waals surface area contributed by atoms with Crippen molar-refractivity contribution in [2.45, 2.75) is 24.4 Å². The SMILES string of the molecule is CNNC12C[C@@H]3CN(C)[C@H](C1)C32. The zero-order valence-corrected chi connectivity index (χ0v) is 7.80. The summed E-state index contributed by atoms with van der Waals surface area (Å²) >= 11 is 0. The molecule has 1 saturated heterocycles. The fourth-order valence-corrected chi connectivity index (χ4v) is 3.81. The van der Waals surface area contributed by atoms with Gasteiger partial charge in [0.05, 0.1) is 0 Å². The van der Waals surface area contributed by atoms with Gasteiger partial charge < -0.3 is 4.90 Å². The summed E-state index contributed by atoms with van der Waals surface area (Å²) in [5, 5.41) is 0. The monoisotopic (exact) mass is 167 g/mol. The number of nitrogens with one attached hydrogen (secondary N) is 2. The Morgan fingerprint density at radius 3 is 2.92 bits per heavy atom. The van der Waals surface area contributed by atoms with Crippen LogP contribution < -0.4 is 10.9 Å². The summed E-state index contributed by atoms with van der Waals surface area (Å²) in [5.41, 5.74) is 7.04. The van der Waals surface area contributed by atoms with E-state index in [-0.39, 0.29) is 0 Å². The highest BCUT2D eigenvalue weighted by atomic mass is 15.4. The molecule has 0 aromatic heterocycles. The molecular weight excluding hydrogens is 150 g/mol. The van der Waals surface area contributed by atoms with Crippen molar-refractivity contribution in [3.8, 4) is 0 Å². The van der Waals surface area contributed by atoms with Crippen LogP contribution in [0.25, 0.3) is 0 Å². The Labute approximate surface area is 73.5 Å². The van der Waals surface area contributed by atoms with Crippen molar-refractivity contribution in [1.82, 2.24) is 15.8 Å². The van der Waals surface area contributed by atoms with E-state index in [0.717, 1.165) is 17.9 Å². The highest BCUT2D eigenvalue weighted by Gasteiger charge is 2.69. The lowest BCUT2D eigenvalue weighted by molar-refractivity contribution is -0.0858. The van der Waals surface area contributed by atoms with E-state index in [1.807, 2.05) is 7.05 Å². The molecule has 0 aromatic rings.